The number of carbonyl (C=O) groups is 2. The molecule has 1 heterocycles. The summed E-state index contributed by atoms with van der Waals surface area (Å²) in [4.78, 5) is 33.5. The highest BCUT2D eigenvalue weighted by Crippen LogP contribution is 2.30. The van der Waals surface area contributed by atoms with E-state index < -0.39 is 30.4 Å². The lowest BCUT2D eigenvalue weighted by molar-refractivity contribution is -0.139. The molecule has 0 amide bonds. The molecule has 10 heteroatoms. The molecule has 1 aromatic carbocycles. The molecule has 4 N–H and O–H groups in total. The Balaban J connectivity index is 2.12. The molecule has 0 spiro atoms. The zero-order valence-corrected chi connectivity index (χ0v) is 13.6. The second kappa shape index (κ2) is 7.32. The second-order valence-electron chi connectivity index (χ2n) is 4.68. The number of carboxylic acids is 1. The second-order valence-corrected chi connectivity index (χ2v) is 5.54. The normalized spacial score (nSPS) is 11.9. The van der Waals surface area contributed by atoms with Gasteiger partial charge in [-0.3, -0.25) is 4.79 Å². The van der Waals surface area contributed by atoms with Gasteiger partial charge in [-0.15, -0.1) is 0 Å². The van der Waals surface area contributed by atoms with Gasteiger partial charge in [0.15, 0.2) is 0 Å². The van der Waals surface area contributed by atoms with E-state index in [2.05, 4.69) is 20.7 Å². The number of ether oxygens (including phenoxy) is 2. The number of phenolic OH excluding ortho intramolecular Hbond substituents is 1. The van der Waals surface area contributed by atoms with Crippen molar-refractivity contribution >= 4 is 39.0 Å². The van der Waals surface area contributed by atoms with Crippen LogP contribution >= 0.6 is 15.9 Å². The third kappa shape index (κ3) is 4.24. The van der Waals surface area contributed by atoms with Gasteiger partial charge < -0.3 is 29.8 Å². The Hall–Kier alpha value is -2.59. The molecule has 0 radical (unpaired) electrons. The van der Waals surface area contributed by atoms with E-state index in [9.17, 15) is 19.5 Å². The molecule has 0 aliphatic heterocycles. The first kappa shape index (κ1) is 17.8. The predicted molar refractivity (Wildman–Crippen MR) is 83.6 cm³/mol. The first-order valence-corrected chi connectivity index (χ1v) is 7.30. The average Bonchev–Trinajstić information content (AvgIpc) is 2.51. The number of carbonyl (C=O) groups excluding carboxylic acids is 1. The summed E-state index contributed by atoms with van der Waals surface area (Å²) in [5.74, 6) is -1.44. The van der Waals surface area contributed by atoms with E-state index in [-0.39, 0.29) is 17.9 Å². The average molecular weight is 402 g/mol. The van der Waals surface area contributed by atoms with Crippen LogP contribution in [0.25, 0.3) is 11.0 Å². The largest absolute Gasteiger partial charge is 0.508 e. The summed E-state index contributed by atoms with van der Waals surface area (Å²) in [6.45, 7) is -0.869. The van der Waals surface area contributed by atoms with Crippen LogP contribution < -0.4 is 11.4 Å². The minimum Gasteiger partial charge on any atom is -0.507 e. The summed E-state index contributed by atoms with van der Waals surface area (Å²) in [6.07, 6.45) is -1.13. The van der Waals surface area contributed by atoms with Crippen molar-refractivity contribution in [1.29, 1.82) is 0 Å². The van der Waals surface area contributed by atoms with E-state index in [4.69, 9.17) is 20.0 Å². The number of hydrogen-bond acceptors (Lipinski definition) is 8. The number of aliphatic carboxylic acids is 1. The molecule has 2 rings (SSSR count). The smallest absolute Gasteiger partial charge is 0.507 e. The third-order valence-electron chi connectivity index (χ3n) is 2.94. The van der Waals surface area contributed by atoms with Crippen LogP contribution in [0.4, 0.5) is 4.79 Å². The number of aromatic hydroxyl groups is 1. The highest BCUT2D eigenvalue weighted by atomic mass is 79.9. The highest BCUT2D eigenvalue weighted by molar-refractivity contribution is 9.10. The number of benzene rings is 1. The zero-order valence-electron chi connectivity index (χ0n) is 12.0. The number of nitrogens with two attached hydrogens (primary N) is 1. The van der Waals surface area contributed by atoms with Gasteiger partial charge in [-0.25, -0.2) is 9.59 Å². The molecule has 0 unspecified atom stereocenters. The molecule has 1 aromatic heterocycles. The molecule has 24 heavy (non-hydrogen) atoms. The van der Waals surface area contributed by atoms with Crippen LogP contribution in [0.2, 0.25) is 0 Å². The van der Waals surface area contributed by atoms with Crippen LogP contribution in [0.1, 0.15) is 5.56 Å². The van der Waals surface area contributed by atoms with Gasteiger partial charge >= 0.3 is 17.8 Å². The van der Waals surface area contributed by atoms with E-state index in [1.165, 1.54) is 12.1 Å². The van der Waals surface area contributed by atoms with Gasteiger partial charge in [0, 0.05) is 23.1 Å². The molecular weight excluding hydrogens is 390 g/mol. The highest BCUT2D eigenvalue weighted by Gasteiger charge is 2.16. The molecule has 2 aromatic rings. The topological polar surface area (TPSA) is 149 Å². The summed E-state index contributed by atoms with van der Waals surface area (Å²) in [5, 5.41) is 18.6. The standard InChI is InChI=1S/C14H12BrNO8/c15-8-2-7-6(1-12(18)24-11(7)3-10(8)17)4-22-14(21)23-5-9(16)13(19)20/h1-3,9,17H,4-5,16H2,(H,19,20)/t9-/m0/s1. The Morgan fingerprint density at radius 2 is 2.00 bits per heavy atom. The maximum absolute atomic E-state index is 11.5. The first-order chi connectivity index (χ1) is 11.3. The Kier molecular flexibility index (Phi) is 5.42. The Morgan fingerprint density at radius 3 is 2.67 bits per heavy atom. The zero-order chi connectivity index (χ0) is 17.9. The number of halogens is 1. The quantitative estimate of drug-likeness (QED) is 0.497. The van der Waals surface area contributed by atoms with Crippen LogP contribution in [0.15, 0.2) is 31.9 Å². The summed E-state index contributed by atoms with van der Waals surface area (Å²) in [5.41, 5.74) is 4.93. The van der Waals surface area contributed by atoms with Crippen LogP contribution in [-0.2, 0) is 20.9 Å². The molecule has 0 saturated heterocycles. The number of phenols is 1. The van der Waals surface area contributed by atoms with Crippen molar-refractivity contribution in [3.05, 3.63) is 38.7 Å². The lowest BCUT2D eigenvalue weighted by atomic mass is 10.1. The van der Waals surface area contributed by atoms with Crippen molar-refractivity contribution in [3.8, 4) is 5.75 Å². The number of rotatable bonds is 5. The van der Waals surface area contributed by atoms with Crippen LogP contribution in [-0.4, -0.2) is 35.0 Å². The lowest BCUT2D eigenvalue weighted by Crippen LogP contribution is -2.35. The number of hydrogen-bond donors (Lipinski definition) is 3. The minimum absolute atomic E-state index is 0.114. The van der Waals surface area contributed by atoms with Gasteiger partial charge in [-0.05, 0) is 22.0 Å². The van der Waals surface area contributed by atoms with Crippen LogP contribution in [0.5, 0.6) is 5.75 Å². The van der Waals surface area contributed by atoms with Crippen LogP contribution in [0.3, 0.4) is 0 Å². The maximum Gasteiger partial charge on any atom is 0.508 e. The fourth-order valence-electron chi connectivity index (χ4n) is 1.76. The van der Waals surface area contributed by atoms with Crippen molar-refractivity contribution in [2.45, 2.75) is 12.6 Å². The summed E-state index contributed by atoms with van der Waals surface area (Å²) < 4.78 is 14.7. The van der Waals surface area contributed by atoms with E-state index in [0.717, 1.165) is 6.07 Å². The molecular formula is C14H12BrNO8. The Bertz CT molecular complexity index is 847. The molecule has 1 atom stereocenters. The van der Waals surface area contributed by atoms with Gasteiger partial charge in [0.25, 0.3) is 0 Å². The van der Waals surface area contributed by atoms with Crippen molar-refractivity contribution in [3.63, 3.8) is 0 Å². The first-order valence-electron chi connectivity index (χ1n) is 6.51. The SMILES string of the molecule is N[C@@H](COC(=O)OCc1cc(=O)oc2cc(O)c(Br)cc12)C(=O)O. The molecule has 0 aliphatic carbocycles. The van der Waals surface area contributed by atoms with Crippen molar-refractivity contribution in [2.75, 3.05) is 6.61 Å². The third-order valence-corrected chi connectivity index (χ3v) is 3.58. The predicted octanol–water partition coefficient (Wildman–Crippen LogP) is 1.33. The van der Waals surface area contributed by atoms with Crippen molar-refractivity contribution in [2.24, 2.45) is 5.73 Å². The van der Waals surface area contributed by atoms with Gasteiger partial charge in [0.05, 0.1) is 4.47 Å². The van der Waals surface area contributed by atoms with Gasteiger partial charge in [-0.2, -0.15) is 0 Å². The summed E-state index contributed by atoms with van der Waals surface area (Å²) >= 11 is 3.13. The van der Waals surface area contributed by atoms with E-state index in [1.807, 2.05) is 0 Å². The Morgan fingerprint density at radius 1 is 1.29 bits per heavy atom. The Labute approximate surface area is 142 Å². The van der Waals surface area contributed by atoms with E-state index in [1.54, 1.807) is 0 Å². The van der Waals surface area contributed by atoms with Crippen molar-refractivity contribution in [1.82, 2.24) is 0 Å². The van der Waals surface area contributed by atoms with Gasteiger partial charge in [0.2, 0.25) is 0 Å². The molecule has 128 valence electrons. The fraction of sp³-hybridized carbons (Fsp3) is 0.214. The molecule has 0 fully saturated rings. The fourth-order valence-corrected chi connectivity index (χ4v) is 2.11. The lowest BCUT2D eigenvalue weighted by Gasteiger charge is -2.10. The molecule has 0 saturated carbocycles. The van der Waals surface area contributed by atoms with Crippen molar-refractivity contribution < 1.29 is 33.7 Å². The monoisotopic (exact) mass is 401 g/mol. The molecule has 0 bridgehead atoms. The minimum atomic E-state index is -1.36. The van der Waals surface area contributed by atoms with E-state index in [0.29, 0.717) is 15.4 Å². The maximum atomic E-state index is 11.5. The number of fused-ring (bicyclic) bond motifs is 1. The van der Waals surface area contributed by atoms with E-state index >= 15 is 0 Å². The summed E-state index contributed by atoms with van der Waals surface area (Å²) in [6, 6.07) is 2.51. The van der Waals surface area contributed by atoms with Gasteiger partial charge in [-0.1, -0.05) is 0 Å². The molecule has 0 aliphatic rings. The number of carboxylic acid groups (broad SMARTS) is 1. The summed E-state index contributed by atoms with van der Waals surface area (Å²) in [7, 11) is 0. The van der Waals surface area contributed by atoms with Crippen LogP contribution in [0, 0.1) is 0 Å². The van der Waals surface area contributed by atoms with Gasteiger partial charge in [0.1, 0.15) is 30.6 Å². The molecule has 9 nitrogen and oxygen atoms in total.